The van der Waals surface area contributed by atoms with Gasteiger partial charge in [0.25, 0.3) is 5.91 Å². The number of morpholine rings is 1. The van der Waals surface area contributed by atoms with Crippen molar-refractivity contribution >= 4 is 17.5 Å². The van der Waals surface area contributed by atoms with Crippen molar-refractivity contribution in [1.29, 1.82) is 0 Å². The summed E-state index contributed by atoms with van der Waals surface area (Å²) in [5.74, 6) is 0.533. The second kappa shape index (κ2) is 10.4. The van der Waals surface area contributed by atoms with E-state index in [1.165, 1.54) is 0 Å². The van der Waals surface area contributed by atoms with E-state index in [4.69, 9.17) is 9.47 Å². The quantitative estimate of drug-likeness (QED) is 0.706. The highest BCUT2D eigenvalue weighted by atomic mass is 16.5. The summed E-state index contributed by atoms with van der Waals surface area (Å²) >= 11 is 0. The monoisotopic (exact) mass is 423 g/mol. The van der Waals surface area contributed by atoms with Crippen molar-refractivity contribution in [2.75, 3.05) is 50.9 Å². The highest BCUT2D eigenvalue weighted by Gasteiger charge is 2.22. The first-order chi connectivity index (χ1) is 15.2. The molecule has 2 saturated heterocycles. The Kier molecular flexibility index (Phi) is 7.17. The van der Waals surface area contributed by atoms with Gasteiger partial charge in [-0.1, -0.05) is 36.4 Å². The molecule has 4 rings (SSSR count). The van der Waals surface area contributed by atoms with Gasteiger partial charge in [-0.3, -0.25) is 14.5 Å². The summed E-state index contributed by atoms with van der Waals surface area (Å²) in [6.45, 7) is 4.52. The Labute approximate surface area is 182 Å². The van der Waals surface area contributed by atoms with Crippen molar-refractivity contribution in [2.45, 2.75) is 18.9 Å². The van der Waals surface area contributed by atoms with Crippen LogP contribution < -0.4 is 15.0 Å². The van der Waals surface area contributed by atoms with E-state index < -0.39 is 0 Å². The highest BCUT2D eigenvalue weighted by molar-refractivity contribution is 5.95. The Morgan fingerprint density at radius 1 is 1.06 bits per heavy atom. The third-order valence-corrected chi connectivity index (χ3v) is 5.65. The SMILES string of the molecule is O=C(COc1cccc(N2CCCC2=O)c1)NC(CN1CCOCC1)c1ccccc1. The lowest BCUT2D eigenvalue weighted by atomic mass is 10.1. The molecule has 2 aliphatic rings. The minimum absolute atomic E-state index is 0.0795. The minimum Gasteiger partial charge on any atom is -0.484 e. The van der Waals surface area contributed by atoms with E-state index in [-0.39, 0.29) is 24.5 Å². The third-order valence-electron chi connectivity index (χ3n) is 5.65. The summed E-state index contributed by atoms with van der Waals surface area (Å²) in [4.78, 5) is 28.7. The summed E-state index contributed by atoms with van der Waals surface area (Å²) in [5, 5.41) is 3.12. The van der Waals surface area contributed by atoms with E-state index in [1.807, 2.05) is 48.5 Å². The van der Waals surface area contributed by atoms with Crippen LogP contribution in [0.4, 0.5) is 5.69 Å². The molecule has 0 spiro atoms. The maximum Gasteiger partial charge on any atom is 0.258 e. The van der Waals surface area contributed by atoms with Gasteiger partial charge < -0.3 is 19.7 Å². The Balaban J connectivity index is 1.36. The lowest BCUT2D eigenvalue weighted by Gasteiger charge is -2.31. The third kappa shape index (κ3) is 5.83. The zero-order chi connectivity index (χ0) is 21.5. The van der Waals surface area contributed by atoms with Gasteiger partial charge in [0.1, 0.15) is 5.75 Å². The molecule has 2 amide bonds. The predicted octanol–water partition coefficient (Wildman–Crippen LogP) is 2.38. The van der Waals surface area contributed by atoms with Crippen molar-refractivity contribution in [3.05, 3.63) is 60.2 Å². The van der Waals surface area contributed by atoms with Gasteiger partial charge in [0.15, 0.2) is 6.61 Å². The summed E-state index contributed by atoms with van der Waals surface area (Å²) in [6, 6.07) is 17.2. The van der Waals surface area contributed by atoms with Crippen LogP contribution in [0, 0.1) is 0 Å². The fourth-order valence-electron chi connectivity index (χ4n) is 4.01. The first-order valence-corrected chi connectivity index (χ1v) is 10.9. The van der Waals surface area contributed by atoms with Crippen LogP contribution in [0.15, 0.2) is 54.6 Å². The van der Waals surface area contributed by atoms with Crippen LogP contribution in [-0.2, 0) is 14.3 Å². The number of rotatable bonds is 8. The van der Waals surface area contributed by atoms with Crippen LogP contribution in [0.1, 0.15) is 24.4 Å². The number of nitrogens with zero attached hydrogens (tertiary/aromatic N) is 2. The van der Waals surface area contributed by atoms with Gasteiger partial charge >= 0.3 is 0 Å². The predicted molar refractivity (Wildman–Crippen MR) is 118 cm³/mol. The molecule has 31 heavy (non-hydrogen) atoms. The van der Waals surface area contributed by atoms with E-state index in [2.05, 4.69) is 10.2 Å². The van der Waals surface area contributed by atoms with Crippen LogP contribution in [-0.4, -0.2) is 62.7 Å². The van der Waals surface area contributed by atoms with E-state index in [0.717, 1.165) is 43.9 Å². The van der Waals surface area contributed by atoms with Crippen molar-refractivity contribution in [1.82, 2.24) is 10.2 Å². The first-order valence-electron chi connectivity index (χ1n) is 10.9. The Hall–Kier alpha value is -2.90. The molecule has 0 bridgehead atoms. The normalized spacial score (nSPS) is 18.1. The van der Waals surface area contributed by atoms with Gasteiger partial charge in [-0.2, -0.15) is 0 Å². The van der Waals surface area contributed by atoms with Crippen LogP contribution in [0.3, 0.4) is 0 Å². The van der Waals surface area contributed by atoms with E-state index in [9.17, 15) is 9.59 Å². The molecular weight excluding hydrogens is 394 g/mol. The second-order valence-corrected chi connectivity index (χ2v) is 7.88. The number of anilines is 1. The molecule has 2 fully saturated rings. The Morgan fingerprint density at radius 3 is 2.61 bits per heavy atom. The van der Waals surface area contributed by atoms with E-state index in [0.29, 0.717) is 25.4 Å². The maximum absolute atomic E-state index is 12.7. The van der Waals surface area contributed by atoms with E-state index in [1.54, 1.807) is 11.0 Å². The van der Waals surface area contributed by atoms with Gasteiger partial charge in [-0.15, -0.1) is 0 Å². The molecule has 0 radical (unpaired) electrons. The largest absolute Gasteiger partial charge is 0.484 e. The molecule has 2 aromatic carbocycles. The minimum atomic E-state index is -0.176. The molecule has 1 atom stereocenters. The number of benzene rings is 2. The lowest BCUT2D eigenvalue weighted by Crippen LogP contribution is -2.44. The number of amides is 2. The van der Waals surface area contributed by atoms with Gasteiger partial charge in [-0.25, -0.2) is 0 Å². The fourth-order valence-corrected chi connectivity index (χ4v) is 4.01. The van der Waals surface area contributed by atoms with Gasteiger partial charge in [0.05, 0.1) is 19.3 Å². The summed E-state index contributed by atoms with van der Waals surface area (Å²) in [5.41, 5.74) is 1.88. The Morgan fingerprint density at radius 2 is 1.87 bits per heavy atom. The first kappa shape index (κ1) is 21.3. The standard InChI is InChI=1S/C24H29N3O4/c28-23(18-31-21-9-4-8-20(16-21)27-11-5-10-24(27)29)25-22(19-6-2-1-3-7-19)17-26-12-14-30-15-13-26/h1-4,6-9,16,22H,5,10-15,17-18H2,(H,25,28). The number of hydrogen-bond acceptors (Lipinski definition) is 5. The molecule has 0 saturated carbocycles. The molecule has 0 aliphatic carbocycles. The molecule has 1 N–H and O–H groups in total. The summed E-state index contributed by atoms with van der Waals surface area (Å²) in [7, 11) is 0. The lowest BCUT2D eigenvalue weighted by molar-refractivity contribution is -0.124. The molecule has 7 heteroatoms. The van der Waals surface area contributed by atoms with Crippen molar-refractivity contribution in [3.8, 4) is 5.75 Å². The zero-order valence-corrected chi connectivity index (χ0v) is 17.7. The van der Waals surface area contributed by atoms with Crippen LogP contribution >= 0.6 is 0 Å². The number of carbonyl (C=O) groups excluding carboxylic acids is 2. The fraction of sp³-hybridized carbons (Fsp3) is 0.417. The second-order valence-electron chi connectivity index (χ2n) is 7.88. The van der Waals surface area contributed by atoms with Crippen molar-refractivity contribution in [2.24, 2.45) is 0 Å². The van der Waals surface area contributed by atoms with Crippen LogP contribution in [0.25, 0.3) is 0 Å². The van der Waals surface area contributed by atoms with Crippen LogP contribution in [0.2, 0.25) is 0 Å². The number of nitrogens with one attached hydrogen (secondary N) is 1. The zero-order valence-electron chi connectivity index (χ0n) is 17.7. The maximum atomic E-state index is 12.7. The van der Waals surface area contributed by atoms with Gasteiger partial charge in [-0.05, 0) is 24.1 Å². The molecule has 2 aromatic rings. The number of carbonyl (C=O) groups is 2. The van der Waals surface area contributed by atoms with Gasteiger partial charge in [0, 0.05) is 44.4 Å². The summed E-state index contributed by atoms with van der Waals surface area (Å²) in [6.07, 6.45) is 1.45. The molecule has 2 heterocycles. The van der Waals surface area contributed by atoms with Crippen LogP contribution in [0.5, 0.6) is 5.75 Å². The van der Waals surface area contributed by atoms with Gasteiger partial charge in [0.2, 0.25) is 5.91 Å². The molecule has 164 valence electrons. The molecule has 0 aromatic heterocycles. The van der Waals surface area contributed by atoms with Crippen molar-refractivity contribution in [3.63, 3.8) is 0 Å². The molecule has 1 unspecified atom stereocenters. The number of ether oxygens (including phenoxy) is 2. The molecule has 2 aliphatic heterocycles. The molecular formula is C24H29N3O4. The topological polar surface area (TPSA) is 71.1 Å². The average Bonchev–Trinajstić information content (AvgIpc) is 3.25. The smallest absolute Gasteiger partial charge is 0.258 e. The average molecular weight is 424 g/mol. The Bertz CT molecular complexity index is 883. The molecule has 7 nitrogen and oxygen atoms in total. The summed E-state index contributed by atoms with van der Waals surface area (Å²) < 4.78 is 11.2. The van der Waals surface area contributed by atoms with E-state index >= 15 is 0 Å². The van der Waals surface area contributed by atoms with Crippen molar-refractivity contribution < 1.29 is 19.1 Å². The highest BCUT2D eigenvalue weighted by Crippen LogP contribution is 2.25. The number of hydrogen-bond donors (Lipinski definition) is 1.